The van der Waals surface area contributed by atoms with E-state index in [1.54, 1.807) is 0 Å². The Morgan fingerprint density at radius 2 is 2.36 bits per heavy atom. The molecule has 1 heterocycles. The van der Waals surface area contributed by atoms with Crippen LogP contribution >= 0.6 is 0 Å². The van der Waals surface area contributed by atoms with Gasteiger partial charge in [0.2, 0.25) is 0 Å². The van der Waals surface area contributed by atoms with Crippen molar-refractivity contribution in [2.24, 2.45) is 17.3 Å². The quantitative estimate of drug-likeness (QED) is 0.621. The van der Waals surface area contributed by atoms with Crippen molar-refractivity contribution in [2.75, 3.05) is 6.61 Å². The second kappa shape index (κ2) is 3.45. The highest BCUT2D eigenvalue weighted by molar-refractivity contribution is 5.17. The van der Waals surface area contributed by atoms with Crippen LogP contribution in [0.4, 0.5) is 0 Å². The molecule has 2 aliphatic rings. The summed E-state index contributed by atoms with van der Waals surface area (Å²) in [5.74, 6) is 1.58. The van der Waals surface area contributed by atoms with Gasteiger partial charge in [-0.05, 0) is 44.1 Å². The Balaban J connectivity index is 1.87. The Bertz CT molecular complexity index is 273. The Hall–Kier alpha value is -0.720. The predicted molar refractivity (Wildman–Crippen MR) is 58.8 cm³/mol. The molecule has 2 rings (SSSR count). The summed E-state index contributed by atoms with van der Waals surface area (Å²) in [5.41, 5.74) is 1.96. The van der Waals surface area contributed by atoms with Crippen LogP contribution in [-0.2, 0) is 4.74 Å². The highest BCUT2D eigenvalue weighted by Gasteiger charge is 2.60. The lowest BCUT2D eigenvalue weighted by atomic mass is 9.97. The van der Waals surface area contributed by atoms with Crippen molar-refractivity contribution in [1.29, 1.82) is 0 Å². The van der Waals surface area contributed by atoms with E-state index in [0.29, 0.717) is 5.41 Å². The lowest BCUT2D eigenvalue weighted by Gasteiger charge is -2.08. The van der Waals surface area contributed by atoms with Crippen LogP contribution in [0, 0.1) is 17.3 Å². The maximum Gasteiger partial charge on any atom is 0.0912 e. The second-order valence-electron chi connectivity index (χ2n) is 5.12. The molecule has 14 heavy (non-hydrogen) atoms. The zero-order chi connectivity index (χ0) is 10.2. The molecule has 0 aromatic carbocycles. The molecule has 0 radical (unpaired) electrons. The zero-order valence-corrected chi connectivity index (χ0v) is 9.42. The number of rotatable bonds is 3. The molecule has 1 aliphatic heterocycles. The van der Waals surface area contributed by atoms with Gasteiger partial charge in [0.05, 0.1) is 12.9 Å². The molecular weight excluding hydrogens is 172 g/mol. The molecule has 1 nitrogen and oxygen atoms in total. The van der Waals surface area contributed by atoms with Gasteiger partial charge in [-0.2, -0.15) is 0 Å². The van der Waals surface area contributed by atoms with Crippen LogP contribution in [0.5, 0.6) is 0 Å². The van der Waals surface area contributed by atoms with E-state index >= 15 is 0 Å². The Kier molecular flexibility index (Phi) is 2.42. The fraction of sp³-hybridized carbons (Fsp3) is 0.692. The van der Waals surface area contributed by atoms with Crippen molar-refractivity contribution >= 4 is 0 Å². The normalized spacial score (nSPS) is 38.5. The zero-order valence-electron chi connectivity index (χ0n) is 9.42. The molecule has 1 saturated carbocycles. The van der Waals surface area contributed by atoms with Gasteiger partial charge in [-0.25, -0.2) is 0 Å². The summed E-state index contributed by atoms with van der Waals surface area (Å²) in [4.78, 5) is 0. The third kappa shape index (κ3) is 1.60. The summed E-state index contributed by atoms with van der Waals surface area (Å²) < 4.78 is 5.35. The summed E-state index contributed by atoms with van der Waals surface area (Å²) >= 11 is 0. The minimum atomic E-state index is 0.527. The first-order valence-corrected chi connectivity index (χ1v) is 5.56. The van der Waals surface area contributed by atoms with Gasteiger partial charge in [-0.1, -0.05) is 18.6 Å². The molecule has 0 amide bonds. The van der Waals surface area contributed by atoms with Crippen molar-refractivity contribution < 1.29 is 4.74 Å². The summed E-state index contributed by atoms with van der Waals surface area (Å²) in [6.45, 7) is 7.68. The van der Waals surface area contributed by atoms with Crippen molar-refractivity contribution in [3.63, 3.8) is 0 Å². The third-order valence-corrected chi connectivity index (χ3v) is 3.83. The molecule has 0 N–H and O–H groups in total. The van der Waals surface area contributed by atoms with E-state index in [0.717, 1.165) is 18.4 Å². The van der Waals surface area contributed by atoms with E-state index in [-0.39, 0.29) is 0 Å². The molecular formula is C13H20O. The summed E-state index contributed by atoms with van der Waals surface area (Å²) in [7, 11) is 0. The fourth-order valence-corrected chi connectivity index (χ4v) is 2.67. The summed E-state index contributed by atoms with van der Waals surface area (Å²) in [6.07, 6.45) is 9.01. The molecule has 1 aliphatic carbocycles. The van der Waals surface area contributed by atoms with Crippen molar-refractivity contribution in [1.82, 2.24) is 0 Å². The lowest BCUT2D eigenvalue weighted by molar-refractivity contribution is 0.207. The fourth-order valence-electron chi connectivity index (χ4n) is 2.67. The highest BCUT2D eigenvalue weighted by atomic mass is 16.5. The van der Waals surface area contributed by atoms with E-state index in [1.165, 1.54) is 18.4 Å². The Morgan fingerprint density at radius 3 is 2.93 bits per heavy atom. The number of hydrogen-bond donors (Lipinski definition) is 0. The van der Waals surface area contributed by atoms with Crippen LogP contribution in [0.25, 0.3) is 0 Å². The molecule has 0 saturated heterocycles. The molecule has 0 spiro atoms. The van der Waals surface area contributed by atoms with E-state index < -0.39 is 0 Å². The SMILES string of the molecule is CC(C)=CCC[C@@]1(C)[C@@H]2C=COC[C@@H]21. The van der Waals surface area contributed by atoms with E-state index in [9.17, 15) is 0 Å². The minimum absolute atomic E-state index is 0.527. The summed E-state index contributed by atoms with van der Waals surface area (Å²) in [6, 6.07) is 0. The van der Waals surface area contributed by atoms with Gasteiger partial charge in [-0.3, -0.25) is 0 Å². The van der Waals surface area contributed by atoms with E-state index in [4.69, 9.17) is 4.74 Å². The summed E-state index contributed by atoms with van der Waals surface area (Å²) in [5, 5.41) is 0. The Labute approximate surface area is 86.8 Å². The largest absolute Gasteiger partial charge is 0.501 e. The van der Waals surface area contributed by atoms with Gasteiger partial charge in [0, 0.05) is 5.92 Å². The molecule has 78 valence electrons. The topological polar surface area (TPSA) is 9.23 Å². The van der Waals surface area contributed by atoms with E-state index in [1.807, 2.05) is 6.26 Å². The number of allylic oxidation sites excluding steroid dienone is 3. The van der Waals surface area contributed by atoms with Gasteiger partial charge < -0.3 is 4.74 Å². The van der Waals surface area contributed by atoms with Gasteiger partial charge >= 0.3 is 0 Å². The highest BCUT2D eigenvalue weighted by Crippen LogP contribution is 2.63. The van der Waals surface area contributed by atoms with Crippen molar-refractivity contribution in [3.8, 4) is 0 Å². The first kappa shape index (κ1) is 9.82. The van der Waals surface area contributed by atoms with E-state index in [2.05, 4.69) is 32.9 Å². The van der Waals surface area contributed by atoms with Crippen LogP contribution in [0.3, 0.4) is 0 Å². The smallest absolute Gasteiger partial charge is 0.0912 e. The van der Waals surface area contributed by atoms with Crippen LogP contribution in [0.2, 0.25) is 0 Å². The first-order chi connectivity index (χ1) is 6.64. The third-order valence-electron chi connectivity index (χ3n) is 3.83. The second-order valence-corrected chi connectivity index (χ2v) is 5.12. The maximum absolute atomic E-state index is 5.35. The molecule has 0 unspecified atom stereocenters. The number of fused-ring (bicyclic) bond motifs is 1. The van der Waals surface area contributed by atoms with Crippen molar-refractivity contribution in [3.05, 3.63) is 24.0 Å². The first-order valence-electron chi connectivity index (χ1n) is 5.56. The van der Waals surface area contributed by atoms with Crippen molar-refractivity contribution in [2.45, 2.75) is 33.6 Å². The number of hydrogen-bond acceptors (Lipinski definition) is 1. The van der Waals surface area contributed by atoms with Gasteiger partial charge in [0.15, 0.2) is 0 Å². The molecule has 1 fully saturated rings. The average Bonchev–Trinajstić information content (AvgIpc) is 2.73. The van der Waals surface area contributed by atoms with Crippen LogP contribution in [-0.4, -0.2) is 6.61 Å². The molecule has 3 atom stereocenters. The standard InChI is InChI=1S/C13H20O/c1-10(2)5-4-7-13(3)11-6-8-14-9-12(11)13/h5-6,8,11-12H,4,7,9H2,1-3H3/t11-,12+,13+/m1/s1. The van der Waals surface area contributed by atoms with Gasteiger partial charge in [-0.15, -0.1) is 0 Å². The van der Waals surface area contributed by atoms with Gasteiger partial charge in [0.1, 0.15) is 0 Å². The monoisotopic (exact) mass is 192 g/mol. The molecule has 1 heteroatoms. The molecule has 0 aromatic heterocycles. The predicted octanol–water partition coefficient (Wildman–Crippen LogP) is 3.53. The number of ether oxygens (including phenoxy) is 1. The maximum atomic E-state index is 5.35. The van der Waals surface area contributed by atoms with Crippen LogP contribution in [0.15, 0.2) is 24.0 Å². The molecule has 0 aromatic rings. The average molecular weight is 192 g/mol. The van der Waals surface area contributed by atoms with Crippen LogP contribution in [0.1, 0.15) is 33.6 Å². The lowest BCUT2D eigenvalue weighted by Crippen LogP contribution is -2.01. The minimum Gasteiger partial charge on any atom is -0.501 e. The van der Waals surface area contributed by atoms with Crippen LogP contribution < -0.4 is 0 Å². The Morgan fingerprint density at radius 1 is 1.57 bits per heavy atom. The van der Waals surface area contributed by atoms with Gasteiger partial charge in [0.25, 0.3) is 0 Å². The molecule has 0 bridgehead atoms.